The van der Waals surface area contributed by atoms with E-state index >= 15 is 0 Å². The zero-order valence-electron chi connectivity index (χ0n) is 10.1. The van der Waals surface area contributed by atoms with Gasteiger partial charge in [-0.3, -0.25) is 4.79 Å². The molecule has 0 radical (unpaired) electrons. The molecule has 1 aromatic heterocycles. The van der Waals surface area contributed by atoms with Crippen LogP contribution in [-0.4, -0.2) is 23.0 Å². The number of thiazole rings is 1. The summed E-state index contributed by atoms with van der Waals surface area (Å²) < 4.78 is 5.85. The molecule has 0 amide bonds. The molecule has 17 heavy (non-hydrogen) atoms. The Morgan fingerprint density at radius 3 is 3.00 bits per heavy atom. The van der Waals surface area contributed by atoms with Gasteiger partial charge in [-0.05, 0) is 39.0 Å². The van der Waals surface area contributed by atoms with Gasteiger partial charge >= 0.3 is 0 Å². The summed E-state index contributed by atoms with van der Waals surface area (Å²) in [5.41, 5.74) is 0.706. The van der Waals surface area contributed by atoms with Crippen LogP contribution in [0.15, 0.2) is 5.38 Å². The molecule has 1 saturated heterocycles. The Labute approximate surface area is 105 Å². The molecule has 0 N–H and O–H groups in total. The first-order chi connectivity index (χ1) is 8.19. The summed E-state index contributed by atoms with van der Waals surface area (Å²) in [6.45, 7) is 2.68. The fourth-order valence-corrected chi connectivity index (χ4v) is 3.46. The van der Waals surface area contributed by atoms with Crippen molar-refractivity contribution in [2.24, 2.45) is 5.92 Å². The molecule has 1 spiro atoms. The molecule has 0 aromatic carbocycles. The van der Waals surface area contributed by atoms with E-state index in [1.54, 1.807) is 11.3 Å². The van der Waals surface area contributed by atoms with E-state index < -0.39 is 0 Å². The Morgan fingerprint density at radius 2 is 2.41 bits per heavy atom. The molecule has 1 aliphatic heterocycles. The average molecular weight is 251 g/mol. The highest BCUT2D eigenvalue weighted by molar-refractivity contribution is 7.09. The molecule has 2 heterocycles. The van der Waals surface area contributed by atoms with Gasteiger partial charge in [-0.15, -0.1) is 11.3 Å². The monoisotopic (exact) mass is 251 g/mol. The molecule has 3 rings (SSSR count). The van der Waals surface area contributed by atoms with E-state index in [4.69, 9.17) is 4.74 Å². The van der Waals surface area contributed by atoms with Crippen LogP contribution in [0.3, 0.4) is 0 Å². The third kappa shape index (κ3) is 2.04. The summed E-state index contributed by atoms with van der Waals surface area (Å²) in [6.07, 6.45) is 5.27. The Balaban J connectivity index is 1.73. The Kier molecular flexibility index (Phi) is 2.79. The maximum absolute atomic E-state index is 12.3. The van der Waals surface area contributed by atoms with Gasteiger partial charge in [0.05, 0.1) is 10.6 Å². The van der Waals surface area contributed by atoms with E-state index in [1.807, 2.05) is 12.3 Å². The normalized spacial score (nSPS) is 26.8. The number of hydrogen-bond acceptors (Lipinski definition) is 4. The van der Waals surface area contributed by atoms with Crippen molar-refractivity contribution in [3.63, 3.8) is 0 Å². The quantitative estimate of drug-likeness (QED) is 0.758. The highest BCUT2D eigenvalue weighted by atomic mass is 32.1. The van der Waals surface area contributed by atoms with Crippen molar-refractivity contribution in [1.82, 2.24) is 4.98 Å². The van der Waals surface area contributed by atoms with Gasteiger partial charge in [-0.2, -0.15) is 0 Å². The van der Waals surface area contributed by atoms with Crippen LogP contribution < -0.4 is 0 Å². The topological polar surface area (TPSA) is 39.2 Å². The number of rotatable bonds is 2. The molecule has 1 aliphatic carbocycles. The van der Waals surface area contributed by atoms with Crippen molar-refractivity contribution in [1.29, 1.82) is 0 Å². The summed E-state index contributed by atoms with van der Waals surface area (Å²) in [6, 6.07) is 0. The number of nitrogens with zero attached hydrogens (tertiary/aromatic N) is 1. The summed E-state index contributed by atoms with van der Waals surface area (Å²) >= 11 is 1.55. The van der Waals surface area contributed by atoms with Gasteiger partial charge in [-0.25, -0.2) is 4.98 Å². The lowest BCUT2D eigenvalue weighted by atomic mass is 9.71. The summed E-state index contributed by atoms with van der Waals surface area (Å²) in [5, 5.41) is 2.86. The van der Waals surface area contributed by atoms with E-state index in [1.165, 1.54) is 6.42 Å². The Morgan fingerprint density at radius 1 is 1.59 bits per heavy atom. The van der Waals surface area contributed by atoms with Crippen molar-refractivity contribution < 1.29 is 9.53 Å². The van der Waals surface area contributed by atoms with E-state index in [2.05, 4.69) is 4.98 Å². The first kappa shape index (κ1) is 11.4. The number of ketones is 1. The van der Waals surface area contributed by atoms with Crippen LogP contribution in [0.1, 0.15) is 47.6 Å². The SMILES string of the molecule is Cc1nc(C(=O)C2CCOC3(CCC3)C2)cs1. The smallest absolute Gasteiger partial charge is 0.185 e. The van der Waals surface area contributed by atoms with Crippen molar-refractivity contribution in [3.05, 3.63) is 16.1 Å². The second-order valence-electron chi connectivity index (χ2n) is 5.19. The van der Waals surface area contributed by atoms with Crippen molar-refractivity contribution in [2.75, 3.05) is 6.61 Å². The molecule has 92 valence electrons. The van der Waals surface area contributed by atoms with E-state index in [0.717, 1.165) is 37.3 Å². The molecule has 4 heteroatoms. The summed E-state index contributed by atoms with van der Waals surface area (Å²) in [7, 11) is 0. The number of carbonyl (C=O) groups excluding carboxylic acids is 1. The van der Waals surface area contributed by atoms with Gasteiger partial charge in [-0.1, -0.05) is 0 Å². The fraction of sp³-hybridized carbons (Fsp3) is 0.692. The van der Waals surface area contributed by atoms with Crippen LogP contribution in [0, 0.1) is 12.8 Å². The maximum atomic E-state index is 12.3. The van der Waals surface area contributed by atoms with Crippen LogP contribution in [0.2, 0.25) is 0 Å². The molecule has 2 aliphatic rings. The molecule has 1 unspecified atom stereocenters. The van der Waals surface area contributed by atoms with Gasteiger partial charge in [0.2, 0.25) is 0 Å². The molecular weight excluding hydrogens is 234 g/mol. The fourth-order valence-electron chi connectivity index (χ4n) is 2.86. The average Bonchev–Trinajstić information content (AvgIpc) is 2.73. The predicted octanol–water partition coefficient (Wildman–Crippen LogP) is 2.98. The van der Waals surface area contributed by atoms with Gasteiger partial charge in [0, 0.05) is 17.9 Å². The minimum absolute atomic E-state index is 0.0453. The van der Waals surface area contributed by atoms with E-state index in [-0.39, 0.29) is 17.3 Å². The minimum Gasteiger partial charge on any atom is -0.375 e. The number of aromatic nitrogens is 1. The first-order valence-electron chi connectivity index (χ1n) is 6.29. The number of ether oxygens (including phenoxy) is 1. The molecule has 2 fully saturated rings. The number of aryl methyl sites for hydroxylation is 1. The number of carbonyl (C=O) groups is 1. The number of Topliss-reactive ketones (excluding diaryl/α,β-unsaturated/α-hetero) is 1. The molecule has 1 saturated carbocycles. The van der Waals surface area contributed by atoms with Crippen molar-refractivity contribution in [2.45, 2.75) is 44.6 Å². The molecule has 0 bridgehead atoms. The first-order valence-corrected chi connectivity index (χ1v) is 7.17. The standard InChI is InChI=1S/C13H17NO2S/c1-9-14-11(8-17-9)12(15)10-3-6-16-13(7-10)4-2-5-13/h8,10H,2-7H2,1H3. The Hall–Kier alpha value is -0.740. The highest BCUT2D eigenvalue weighted by Gasteiger charge is 2.44. The molecule has 1 aromatic rings. The zero-order chi connectivity index (χ0) is 11.9. The van der Waals surface area contributed by atoms with Crippen LogP contribution in [-0.2, 0) is 4.74 Å². The molecule has 3 nitrogen and oxygen atoms in total. The molecule has 1 atom stereocenters. The minimum atomic E-state index is 0.0453. The lowest BCUT2D eigenvalue weighted by molar-refractivity contribution is -0.137. The lowest BCUT2D eigenvalue weighted by Crippen LogP contribution is -2.47. The van der Waals surface area contributed by atoms with Gasteiger partial charge in [0.25, 0.3) is 0 Å². The van der Waals surface area contributed by atoms with Gasteiger partial charge in [0.15, 0.2) is 5.78 Å². The van der Waals surface area contributed by atoms with Crippen LogP contribution in [0.25, 0.3) is 0 Å². The second kappa shape index (κ2) is 4.18. The summed E-state index contributed by atoms with van der Waals surface area (Å²) in [4.78, 5) is 16.6. The van der Waals surface area contributed by atoms with Gasteiger partial charge < -0.3 is 4.74 Å². The third-order valence-electron chi connectivity index (χ3n) is 4.00. The molecular formula is C13H17NO2S. The lowest BCUT2D eigenvalue weighted by Gasteiger charge is -2.46. The second-order valence-corrected chi connectivity index (χ2v) is 6.25. The highest BCUT2D eigenvalue weighted by Crippen LogP contribution is 2.44. The van der Waals surface area contributed by atoms with Crippen LogP contribution >= 0.6 is 11.3 Å². The van der Waals surface area contributed by atoms with E-state index in [0.29, 0.717) is 5.69 Å². The van der Waals surface area contributed by atoms with Gasteiger partial charge in [0.1, 0.15) is 5.69 Å². The van der Waals surface area contributed by atoms with Crippen LogP contribution in [0.4, 0.5) is 0 Å². The largest absolute Gasteiger partial charge is 0.375 e. The zero-order valence-corrected chi connectivity index (χ0v) is 10.9. The van der Waals surface area contributed by atoms with E-state index in [9.17, 15) is 4.79 Å². The number of hydrogen-bond donors (Lipinski definition) is 0. The summed E-state index contributed by atoms with van der Waals surface area (Å²) in [5.74, 6) is 0.356. The van der Waals surface area contributed by atoms with Crippen LogP contribution in [0.5, 0.6) is 0 Å². The maximum Gasteiger partial charge on any atom is 0.185 e. The van der Waals surface area contributed by atoms with Crippen molar-refractivity contribution in [3.8, 4) is 0 Å². The Bertz CT molecular complexity index is 436. The third-order valence-corrected chi connectivity index (χ3v) is 4.77. The van der Waals surface area contributed by atoms with Crippen molar-refractivity contribution >= 4 is 17.1 Å². The predicted molar refractivity (Wildman–Crippen MR) is 66.4 cm³/mol.